The van der Waals surface area contributed by atoms with Crippen LogP contribution in [-0.2, 0) is 12.8 Å². The SMILES string of the molecule is CC(C)CC(C)N(CCCCCN(c1ccc(Cc2ccccc2)cc1)C(C)CC(C)C)c1ccc(Cc2ccccc2)cc1. The van der Waals surface area contributed by atoms with Gasteiger partial charge in [0.15, 0.2) is 0 Å². The van der Waals surface area contributed by atoms with Gasteiger partial charge in [-0.25, -0.2) is 0 Å². The maximum absolute atomic E-state index is 2.66. The second-order valence-corrected chi connectivity index (χ2v) is 14.1. The molecule has 0 aromatic heterocycles. The van der Waals surface area contributed by atoms with Crippen molar-refractivity contribution in [3.05, 3.63) is 131 Å². The average Bonchev–Trinajstić information content (AvgIpc) is 3.02. The third-order valence-electron chi connectivity index (χ3n) is 9.03. The summed E-state index contributed by atoms with van der Waals surface area (Å²) < 4.78 is 0. The zero-order valence-corrected chi connectivity index (χ0v) is 29.0. The molecular weight excluding hydrogens is 544 g/mol. The van der Waals surface area contributed by atoms with Crippen LogP contribution < -0.4 is 9.80 Å². The van der Waals surface area contributed by atoms with Gasteiger partial charge in [-0.1, -0.05) is 113 Å². The van der Waals surface area contributed by atoms with Gasteiger partial charge in [-0.15, -0.1) is 0 Å². The summed E-state index contributed by atoms with van der Waals surface area (Å²) in [4.78, 5) is 5.33. The molecule has 2 atom stereocenters. The number of rotatable bonds is 18. The number of anilines is 2. The molecule has 2 heteroatoms. The molecule has 0 heterocycles. The maximum atomic E-state index is 2.66. The highest BCUT2D eigenvalue weighted by molar-refractivity contribution is 5.50. The monoisotopic (exact) mass is 602 g/mol. The molecule has 0 saturated carbocycles. The van der Waals surface area contributed by atoms with E-state index in [0.717, 1.165) is 25.9 Å². The van der Waals surface area contributed by atoms with Gasteiger partial charge in [0.1, 0.15) is 0 Å². The van der Waals surface area contributed by atoms with Crippen molar-refractivity contribution in [1.29, 1.82) is 0 Å². The van der Waals surface area contributed by atoms with Gasteiger partial charge in [-0.2, -0.15) is 0 Å². The molecule has 0 amide bonds. The molecule has 0 fully saturated rings. The van der Waals surface area contributed by atoms with Crippen molar-refractivity contribution in [3.63, 3.8) is 0 Å². The minimum atomic E-state index is 0.530. The minimum absolute atomic E-state index is 0.530. The molecule has 0 spiro atoms. The Bertz CT molecular complexity index is 1240. The molecule has 0 N–H and O–H groups in total. The zero-order chi connectivity index (χ0) is 32.0. The van der Waals surface area contributed by atoms with E-state index < -0.39 is 0 Å². The Hall–Kier alpha value is -3.52. The lowest BCUT2D eigenvalue weighted by atomic mass is 10.0. The summed E-state index contributed by atoms with van der Waals surface area (Å²) in [5.74, 6) is 1.38. The molecule has 0 aliphatic rings. The van der Waals surface area contributed by atoms with Crippen LogP contribution in [0.1, 0.15) is 95.9 Å². The van der Waals surface area contributed by atoms with Crippen LogP contribution in [0.25, 0.3) is 0 Å². The highest BCUT2D eigenvalue weighted by Gasteiger charge is 2.18. The van der Waals surface area contributed by atoms with Crippen molar-refractivity contribution in [2.45, 2.75) is 98.6 Å². The number of hydrogen-bond donors (Lipinski definition) is 0. The van der Waals surface area contributed by atoms with Crippen LogP contribution >= 0.6 is 0 Å². The second kappa shape index (κ2) is 17.8. The summed E-state index contributed by atoms with van der Waals surface area (Å²) in [7, 11) is 0. The van der Waals surface area contributed by atoms with Crippen LogP contribution in [0.5, 0.6) is 0 Å². The maximum Gasteiger partial charge on any atom is 0.0368 e. The summed E-state index contributed by atoms with van der Waals surface area (Å²) in [6, 6.07) is 41.4. The molecule has 240 valence electrons. The van der Waals surface area contributed by atoms with Crippen LogP contribution in [0.3, 0.4) is 0 Å². The fourth-order valence-corrected chi connectivity index (χ4v) is 6.84. The predicted octanol–water partition coefficient (Wildman–Crippen LogP) is 11.2. The van der Waals surface area contributed by atoms with Crippen molar-refractivity contribution in [2.24, 2.45) is 11.8 Å². The van der Waals surface area contributed by atoms with Gasteiger partial charge in [0.2, 0.25) is 0 Å². The number of nitrogens with zero attached hydrogens (tertiary/aromatic N) is 2. The van der Waals surface area contributed by atoms with Gasteiger partial charge in [0, 0.05) is 36.5 Å². The van der Waals surface area contributed by atoms with Crippen LogP contribution in [0, 0.1) is 11.8 Å². The van der Waals surface area contributed by atoms with E-state index in [2.05, 4.69) is 161 Å². The quantitative estimate of drug-likeness (QED) is 0.105. The molecular formula is C43H58N2. The first-order chi connectivity index (χ1) is 21.8. The number of benzene rings is 4. The van der Waals surface area contributed by atoms with Crippen LogP contribution in [0.2, 0.25) is 0 Å². The summed E-state index contributed by atoms with van der Waals surface area (Å²) in [6.07, 6.45) is 8.09. The van der Waals surface area contributed by atoms with Crippen molar-refractivity contribution in [3.8, 4) is 0 Å². The lowest BCUT2D eigenvalue weighted by Gasteiger charge is -2.34. The van der Waals surface area contributed by atoms with Crippen molar-refractivity contribution < 1.29 is 0 Å². The smallest absolute Gasteiger partial charge is 0.0368 e. The summed E-state index contributed by atoms with van der Waals surface area (Å²) >= 11 is 0. The summed E-state index contributed by atoms with van der Waals surface area (Å²) in [5, 5.41) is 0. The molecule has 0 bridgehead atoms. The highest BCUT2D eigenvalue weighted by Crippen LogP contribution is 2.26. The average molecular weight is 603 g/mol. The predicted molar refractivity (Wildman–Crippen MR) is 198 cm³/mol. The molecule has 0 aliphatic carbocycles. The van der Waals surface area contributed by atoms with Crippen LogP contribution in [-0.4, -0.2) is 25.2 Å². The Morgan fingerprint density at radius 2 is 0.733 bits per heavy atom. The summed E-state index contributed by atoms with van der Waals surface area (Å²) in [6.45, 7) is 16.4. The number of hydrogen-bond acceptors (Lipinski definition) is 2. The largest absolute Gasteiger partial charge is 0.369 e. The first-order valence-corrected chi connectivity index (χ1v) is 17.6. The molecule has 4 aromatic rings. The van der Waals surface area contributed by atoms with Crippen LogP contribution in [0.15, 0.2) is 109 Å². The van der Waals surface area contributed by atoms with E-state index in [4.69, 9.17) is 0 Å². The fraction of sp³-hybridized carbons (Fsp3) is 0.442. The van der Waals surface area contributed by atoms with Crippen LogP contribution in [0.4, 0.5) is 11.4 Å². The second-order valence-electron chi connectivity index (χ2n) is 14.1. The first-order valence-electron chi connectivity index (χ1n) is 17.6. The standard InChI is InChI=1S/C43H58N2/c1-34(2)30-36(5)44(42-24-20-40(21-25-42)32-38-16-10-7-11-17-38)28-14-9-15-29-45(37(6)31-35(3)4)43-26-22-41(23-27-43)33-39-18-12-8-13-19-39/h7-8,10-13,16-27,34-37H,9,14-15,28-33H2,1-6H3. The fourth-order valence-electron chi connectivity index (χ4n) is 6.84. The van der Waals surface area contributed by atoms with Gasteiger partial charge >= 0.3 is 0 Å². The first kappa shape index (κ1) is 34.4. The van der Waals surface area contributed by atoms with E-state index in [1.807, 2.05) is 0 Å². The van der Waals surface area contributed by atoms with Gasteiger partial charge in [-0.05, 0) is 117 Å². The minimum Gasteiger partial charge on any atom is -0.369 e. The Morgan fingerprint density at radius 1 is 0.400 bits per heavy atom. The Kier molecular flexibility index (Phi) is 13.6. The topological polar surface area (TPSA) is 6.48 Å². The lowest BCUT2D eigenvalue weighted by molar-refractivity contribution is 0.470. The number of unbranched alkanes of at least 4 members (excludes halogenated alkanes) is 2. The summed E-state index contributed by atoms with van der Waals surface area (Å²) in [5.41, 5.74) is 8.23. The molecule has 2 unspecified atom stereocenters. The molecule has 4 aromatic carbocycles. The lowest BCUT2D eigenvalue weighted by Crippen LogP contribution is -2.36. The third-order valence-corrected chi connectivity index (χ3v) is 9.03. The normalized spacial score (nSPS) is 12.8. The van der Waals surface area contributed by atoms with E-state index in [1.54, 1.807) is 0 Å². The van der Waals surface area contributed by atoms with Crippen molar-refractivity contribution in [1.82, 2.24) is 0 Å². The van der Waals surface area contributed by atoms with E-state index >= 15 is 0 Å². The molecule has 2 nitrogen and oxygen atoms in total. The molecule has 0 aliphatic heterocycles. The molecule has 0 saturated heterocycles. The van der Waals surface area contributed by atoms with Gasteiger partial charge < -0.3 is 9.80 Å². The van der Waals surface area contributed by atoms with E-state index in [9.17, 15) is 0 Å². The van der Waals surface area contributed by atoms with Crippen molar-refractivity contribution in [2.75, 3.05) is 22.9 Å². The molecule has 4 rings (SSSR count). The van der Waals surface area contributed by atoms with Gasteiger partial charge in [-0.3, -0.25) is 0 Å². The highest BCUT2D eigenvalue weighted by atomic mass is 15.2. The molecule has 0 radical (unpaired) electrons. The van der Waals surface area contributed by atoms with E-state index in [0.29, 0.717) is 23.9 Å². The van der Waals surface area contributed by atoms with E-state index in [-0.39, 0.29) is 0 Å². The molecule has 45 heavy (non-hydrogen) atoms. The Morgan fingerprint density at radius 3 is 1.07 bits per heavy atom. The Labute approximate surface area is 275 Å². The third kappa shape index (κ3) is 11.4. The van der Waals surface area contributed by atoms with E-state index in [1.165, 1.54) is 65.7 Å². The van der Waals surface area contributed by atoms with Gasteiger partial charge in [0.05, 0.1) is 0 Å². The van der Waals surface area contributed by atoms with Crippen molar-refractivity contribution >= 4 is 11.4 Å². The Balaban J connectivity index is 1.35. The zero-order valence-electron chi connectivity index (χ0n) is 29.0. The van der Waals surface area contributed by atoms with Gasteiger partial charge in [0.25, 0.3) is 0 Å².